The van der Waals surface area contributed by atoms with Gasteiger partial charge in [0.05, 0.1) is 10.9 Å². The van der Waals surface area contributed by atoms with Crippen LogP contribution < -0.4 is 15.3 Å². The molecule has 0 spiro atoms. The highest BCUT2D eigenvalue weighted by Crippen LogP contribution is 2.34. The van der Waals surface area contributed by atoms with Crippen molar-refractivity contribution >= 4 is 34.5 Å². The van der Waals surface area contributed by atoms with E-state index in [1.807, 2.05) is 26.0 Å². The van der Waals surface area contributed by atoms with Crippen molar-refractivity contribution in [2.75, 3.05) is 0 Å². The molecule has 0 saturated heterocycles. The van der Waals surface area contributed by atoms with E-state index in [0.717, 1.165) is 23.1 Å². The van der Waals surface area contributed by atoms with Crippen LogP contribution in [0, 0.1) is 20.8 Å². The molecule has 3 aromatic heterocycles. The lowest BCUT2D eigenvalue weighted by Crippen LogP contribution is -2.12. The second kappa shape index (κ2) is 8.90. The number of nitrogens with two attached hydrogens (primary N) is 1. The summed E-state index contributed by atoms with van der Waals surface area (Å²) in [7, 11) is 0. The maximum absolute atomic E-state index is 13.2. The number of benzene rings is 1. The molecule has 164 valence electrons. The first-order valence-corrected chi connectivity index (χ1v) is 11.1. The van der Waals surface area contributed by atoms with Crippen LogP contribution in [0.25, 0.3) is 22.3 Å². The van der Waals surface area contributed by atoms with E-state index in [2.05, 4.69) is 15.0 Å². The Kier molecular flexibility index (Phi) is 6.19. The Labute approximate surface area is 194 Å². The monoisotopic (exact) mass is 468 g/mol. The summed E-state index contributed by atoms with van der Waals surface area (Å²) in [5.41, 5.74) is 3.14. The molecule has 0 saturated carbocycles. The molecule has 2 N–H and O–H groups in total. The third kappa shape index (κ3) is 4.21. The number of aryl methyl sites for hydroxylation is 2. The Morgan fingerprint density at radius 2 is 1.88 bits per heavy atom. The summed E-state index contributed by atoms with van der Waals surface area (Å²) in [5.74, 6) is 1.56. The van der Waals surface area contributed by atoms with Crippen molar-refractivity contribution in [1.82, 2.24) is 15.0 Å². The van der Waals surface area contributed by atoms with Gasteiger partial charge < -0.3 is 9.15 Å². The van der Waals surface area contributed by atoms with Crippen molar-refractivity contribution in [2.24, 2.45) is 5.14 Å². The minimum Gasteiger partial charge on any atom is -0.483 e. The fraction of sp³-hybridized carbons (Fsp3) is 0.217. The second-order valence-electron chi connectivity index (χ2n) is 7.45. The van der Waals surface area contributed by atoms with Gasteiger partial charge in [0.1, 0.15) is 28.4 Å². The fourth-order valence-electron chi connectivity index (χ4n) is 3.49. The van der Waals surface area contributed by atoms with Gasteiger partial charge in [0.15, 0.2) is 16.2 Å². The summed E-state index contributed by atoms with van der Waals surface area (Å²) in [4.78, 5) is 25.9. The molecular formula is C23H21ClN4O3S. The van der Waals surface area contributed by atoms with Gasteiger partial charge in [0, 0.05) is 23.5 Å². The second-order valence-corrected chi connectivity index (χ2v) is 8.46. The third-order valence-electron chi connectivity index (χ3n) is 5.08. The lowest BCUT2D eigenvalue weighted by molar-refractivity contribution is 0.219. The predicted molar refractivity (Wildman–Crippen MR) is 126 cm³/mol. The van der Waals surface area contributed by atoms with Gasteiger partial charge in [0.25, 0.3) is 0 Å². The third-order valence-corrected chi connectivity index (χ3v) is 5.81. The highest BCUT2D eigenvalue weighted by molar-refractivity contribution is 7.97. The minimum atomic E-state index is -0.459. The Bertz CT molecular complexity index is 1370. The number of nitrogens with zero attached hydrogens (tertiary/aromatic N) is 3. The van der Waals surface area contributed by atoms with Crippen molar-refractivity contribution in [2.45, 2.75) is 38.8 Å². The first-order chi connectivity index (χ1) is 15.3. The first-order valence-electron chi connectivity index (χ1n) is 9.85. The number of pyridine rings is 1. The molecular weight excluding hydrogens is 448 g/mol. The Morgan fingerprint density at radius 3 is 2.56 bits per heavy atom. The van der Waals surface area contributed by atoms with E-state index in [-0.39, 0.29) is 5.43 Å². The summed E-state index contributed by atoms with van der Waals surface area (Å²) in [5, 5.41) is 7.01. The van der Waals surface area contributed by atoms with Gasteiger partial charge in [0.2, 0.25) is 0 Å². The summed E-state index contributed by atoms with van der Waals surface area (Å²) < 4.78 is 12.5. The standard InChI is InChI=1S/C23H21ClN4O3S/c1-11-7-16(13(3)30-18-5-6-19(24)28-23(18)32-25)22-17(8-11)20(29)12(2)21(31-22)15-9-26-14(4)27-10-15/h5-10,13H,25H2,1-4H3. The normalized spacial score (nSPS) is 12.2. The Balaban J connectivity index is 1.87. The summed E-state index contributed by atoms with van der Waals surface area (Å²) in [6.45, 7) is 7.35. The molecule has 4 aromatic rings. The molecule has 1 aromatic carbocycles. The van der Waals surface area contributed by atoms with E-state index in [1.54, 1.807) is 38.4 Å². The lowest BCUT2D eigenvalue weighted by atomic mass is 10.0. The van der Waals surface area contributed by atoms with Gasteiger partial charge in [-0.25, -0.2) is 15.0 Å². The molecule has 1 atom stereocenters. The molecule has 9 heteroatoms. The number of halogens is 1. The fourth-order valence-corrected chi connectivity index (χ4v) is 4.07. The average molecular weight is 469 g/mol. The molecule has 7 nitrogen and oxygen atoms in total. The van der Waals surface area contributed by atoms with Crippen LogP contribution in [-0.4, -0.2) is 15.0 Å². The summed E-state index contributed by atoms with van der Waals surface area (Å²) in [6, 6.07) is 7.12. The summed E-state index contributed by atoms with van der Waals surface area (Å²) >= 11 is 6.92. The number of aromatic nitrogens is 3. The zero-order valence-corrected chi connectivity index (χ0v) is 19.5. The van der Waals surface area contributed by atoms with Gasteiger partial charge in [-0.3, -0.25) is 9.93 Å². The van der Waals surface area contributed by atoms with Gasteiger partial charge in [-0.1, -0.05) is 11.6 Å². The predicted octanol–water partition coefficient (Wildman–Crippen LogP) is 5.33. The average Bonchev–Trinajstić information content (AvgIpc) is 2.78. The van der Waals surface area contributed by atoms with Gasteiger partial charge >= 0.3 is 0 Å². The van der Waals surface area contributed by atoms with Crippen LogP contribution >= 0.6 is 23.5 Å². The Morgan fingerprint density at radius 1 is 1.16 bits per heavy atom. The molecule has 32 heavy (non-hydrogen) atoms. The molecule has 0 radical (unpaired) electrons. The summed E-state index contributed by atoms with van der Waals surface area (Å²) in [6.07, 6.45) is 2.84. The van der Waals surface area contributed by atoms with Crippen molar-refractivity contribution < 1.29 is 9.15 Å². The van der Waals surface area contributed by atoms with E-state index in [4.69, 9.17) is 25.9 Å². The van der Waals surface area contributed by atoms with E-state index < -0.39 is 6.10 Å². The zero-order valence-electron chi connectivity index (χ0n) is 18.0. The van der Waals surface area contributed by atoms with Crippen LogP contribution in [0.15, 0.2) is 50.9 Å². The Hall–Kier alpha value is -2.94. The molecule has 0 aliphatic heterocycles. The van der Waals surface area contributed by atoms with E-state index in [1.165, 1.54) is 0 Å². The largest absolute Gasteiger partial charge is 0.483 e. The molecule has 4 rings (SSSR count). The smallest absolute Gasteiger partial charge is 0.196 e. The maximum Gasteiger partial charge on any atom is 0.196 e. The van der Waals surface area contributed by atoms with Crippen molar-refractivity contribution in [1.29, 1.82) is 0 Å². The number of hydrogen-bond acceptors (Lipinski definition) is 8. The zero-order chi connectivity index (χ0) is 23.0. The van der Waals surface area contributed by atoms with Gasteiger partial charge in [-0.15, -0.1) is 0 Å². The van der Waals surface area contributed by atoms with Crippen LogP contribution in [0.2, 0.25) is 5.15 Å². The first kappa shape index (κ1) is 22.3. The van der Waals surface area contributed by atoms with Gasteiger partial charge in [-0.05, 0) is 69.5 Å². The highest BCUT2D eigenvalue weighted by Gasteiger charge is 2.21. The van der Waals surface area contributed by atoms with Crippen LogP contribution in [0.3, 0.4) is 0 Å². The molecule has 0 aliphatic carbocycles. The molecule has 0 bridgehead atoms. The van der Waals surface area contributed by atoms with E-state index in [0.29, 0.717) is 49.6 Å². The molecule has 1 unspecified atom stereocenters. The van der Waals surface area contributed by atoms with Crippen molar-refractivity contribution in [3.05, 3.63) is 74.6 Å². The highest BCUT2D eigenvalue weighted by atomic mass is 35.5. The van der Waals surface area contributed by atoms with Crippen molar-refractivity contribution in [3.8, 4) is 17.1 Å². The topological polar surface area (TPSA) is 104 Å². The number of hydrogen-bond donors (Lipinski definition) is 1. The van der Waals surface area contributed by atoms with Crippen molar-refractivity contribution in [3.63, 3.8) is 0 Å². The SMILES string of the molecule is Cc1cc(C(C)Oc2ccc(Cl)nc2SN)c2oc(-c3cnc(C)nc3)c(C)c(=O)c2c1. The molecule has 0 aliphatic rings. The molecule has 0 fully saturated rings. The minimum absolute atomic E-state index is 0.106. The number of fused-ring (bicyclic) bond motifs is 1. The van der Waals surface area contributed by atoms with E-state index in [9.17, 15) is 4.79 Å². The van der Waals surface area contributed by atoms with Crippen LogP contribution in [0.1, 0.15) is 35.5 Å². The van der Waals surface area contributed by atoms with E-state index >= 15 is 0 Å². The van der Waals surface area contributed by atoms with Gasteiger partial charge in [-0.2, -0.15) is 0 Å². The quantitative estimate of drug-likeness (QED) is 0.309. The van der Waals surface area contributed by atoms with Crippen LogP contribution in [0.5, 0.6) is 5.75 Å². The number of rotatable bonds is 5. The number of ether oxygens (including phenoxy) is 1. The molecule has 0 amide bonds. The maximum atomic E-state index is 13.2. The van der Waals surface area contributed by atoms with Crippen LogP contribution in [-0.2, 0) is 0 Å². The lowest BCUT2D eigenvalue weighted by Gasteiger charge is -2.19. The molecule has 3 heterocycles. The van der Waals surface area contributed by atoms with Crippen LogP contribution in [0.4, 0.5) is 0 Å².